The molecule has 0 spiro atoms. The summed E-state index contributed by atoms with van der Waals surface area (Å²) in [6.45, 7) is 4.71. The van der Waals surface area contributed by atoms with Crippen LogP contribution in [0.2, 0.25) is 0 Å². The third kappa shape index (κ3) is 4.27. The number of fused-ring (bicyclic) bond motifs is 1. The maximum atomic E-state index is 12.7. The second-order valence-corrected chi connectivity index (χ2v) is 7.60. The van der Waals surface area contributed by atoms with Crippen molar-refractivity contribution in [2.24, 2.45) is 5.10 Å². The zero-order chi connectivity index (χ0) is 19.4. The third-order valence-corrected chi connectivity index (χ3v) is 5.35. The first-order chi connectivity index (χ1) is 13.0. The van der Waals surface area contributed by atoms with Gasteiger partial charge in [0.25, 0.3) is 0 Å². The van der Waals surface area contributed by atoms with Crippen LogP contribution < -0.4 is 11.1 Å². The molecule has 1 aliphatic rings. The number of carbonyl (C=O) groups is 1. The molecule has 0 radical (unpaired) electrons. The van der Waals surface area contributed by atoms with Gasteiger partial charge in [-0.15, -0.1) is 11.8 Å². The van der Waals surface area contributed by atoms with Crippen LogP contribution in [-0.2, 0) is 6.42 Å². The van der Waals surface area contributed by atoms with E-state index in [1.165, 1.54) is 10.5 Å². The van der Waals surface area contributed by atoms with Crippen molar-refractivity contribution in [2.75, 3.05) is 18.5 Å². The molecule has 1 unspecified atom stereocenters. The molecule has 3 rings (SSSR count). The van der Waals surface area contributed by atoms with Crippen molar-refractivity contribution in [3.05, 3.63) is 59.2 Å². The lowest BCUT2D eigenvalue weighted by atomic mass is 9.94. The molecule has 1 aliphatic heterocycles. The van der Waals surface area contributed by atoms with Crippen LogP contribution in [0.4, 0.5) is 10.5 Å². The molecular formula is C21H26N4OS. The third-order valence-electron chi connectivity index (χ3n) is 4.63. The number of benzene rings is 2. The van der Waals surface area contributed by atoms with Crippen molar-refractivity contribution in [3.8, 4) is 0 Å². The molecule has 1 heterocycles. The standard InChI is InChI=1S/C21H26N4OS/c1-4-11-23-21(26)25-14(2)12-16-13-18(27-3)9-10-19(16)20(24-25)15-5-7-17(22)8-6-15/h5-10,13-14H,4,11-12,22H2,1-3H3,(H,23,26). The normalized spacial score (nSPS) is 16.3. The van der Waals surface area contributed by atoms with Gasteiger partial charge >= 0.3 is 6.03 Å². The molecule has 3 N–H and O–H groups in total. The van der Waals surface area contributed by atoms with E-state index in [0.29, 0.717) is 12.2 Å². The number of nitrogens with one attached hydrogen (secondary N) is 1. The van der Waals surface area contributed by atoms with E-state index < -0.39 is 0 Å². The minimum Gasteiger partial charge on any atom is -0.399 e. The maximum absolute atomic E-state index is 12.7. The summed E-state index contributed by atoms with van der Waals surface area (Å²) in [6, 6.07) is 13.9. The smallest absolute Gasteiger partial charge is 0.338 e. The molecule has 2 aromatic carbocycles. The van der Waals surface area contributed by atoms with Crippen molar-refractivity contribution < 1.29 is 4.79 Å². The molecule has 2 amide bonds. The minimum absolute atomic E-state index is 0.0380. The first-order valence-corrected chi connectivity index (χ1v) is 10.4. The molecule has 0 aliphatic carbocycles. The molecule has 5 nitrogen and oxygen atoms in total. The van der Waals surface area contributed by atoms with Gasteiger partial charge in [0.05, 0.1) is 11.8 Å². The van der Waals surface area contributed by atoms with Gasteiger partial charge in [-0.2, -0.15) is 5.10 Å². The average Bonchev–Trinajstić information content (AvgIpc) is 2.82. The van der Waals surface area contributed by atoms with Gasteiger partial charge in [0.1, 0.15) is 0 Å². The number of carbonyl (C=O) groups excluding carboxylic acids is 1. The van der Waals surface area contributed by atoms with Gasteiger partial charge in [-0.1, -0.05) is 25.1 Å². The highest BCUT2D eigenvalue weighted by molar-refractivity contribution is 7.98. The Morgan fingerprint density at radius 1 is 1.30 bits per heavy atom. The van der Waals surface area contributed by atoms with Crippen molar-refractivity contribution in [2.45, 2.75) is 37.6 Å². The quantitative estimate of drug-likeness (QED) is 0.617. The lowest BCUT2D eigenvalue weighted by Crippen LogP contribution is -2.42. The fourth-order valence-electron chi connectivity index (χ4n) is 3.17. The fourth-order valence-corrected chi connectivity index (χ4v) is 3.64. The number of nitrogens with two attached hydrogens (primary N) is 1. The molecule has 0 saturated heterocycles. The first-order valence-electron chi connectivity index (χ1n) is 9.22. The topological polar surface area (TPSA) is 70.7 Å². The second kappa shape index (κ2) is 8.48. The zero-order valence-electron chi connectivity index (χ0n) is 16.0. The Morgan fingerprint density at radius 2 is 2.04 bits per heavy atom. The summed E-state index contributed by atoms with van der Waals surface area (Å²) >= 11 is 1.72. The van der Waals surface area contributed by atoms with Gasteiger partial charge in [0.2, 0.25) is 0 Å². The fraction of sp³-hybridized carbons (Fsp3) is 0.333. The van der Waals surface area contributed by atoms with Crippen LogP contribution in [0.5, 0.6) is 0 Å². The van der Waals surface area contributed by atoms with Crippen LogP contribution in [0.1, 0.15) is 37.0 Å². The van der Waals surface area contributed by atoms with E-state index in [0.717, 1.165) is 29.7 Å². The van der Waals surface area contributed by atoms with E-state index in [4.69, 9.17) is 10.8 Å². The zero-order valence-corrected chi connectivity index (χ0v) is 16.8. The average molecular weight is 383 g/mol. The van der Waals surface area contributed by atoms with Crippen LogP contribution in [0.15, 0.2) is 52.5 Å². The number of hydrazone groups is 1. The van der Waals surface area contributed by atoms with Crippen LogP contribution in [0, 0.1) is 0 Å². The molecule has 0 saturated carbocycles. The molecule has 2 aromatic rings. The Bertz CT molecular complexity index is 848. The van der Waals surface area contributed by atoms with Crippen molar-refractivity contribution in [3.63, 3.8) is 0 Å². The number of nitrogens with zero attached hydrogens (tertiary/aromatic N) is 2. The molecule has 142 valence electrons. The molecular weight excluding hydrogens is 356 g/mol. The Balaban J connectivity index is 2.10. The van der Waals surface area contributed by atoms with Crippen LogP contribution in [-0.4, -0.2) is 35.6 Å². The first kappa shape index (κ1) is 19.3. The number of thioether (sulfide) groups is 1. The van der Waals surface area contributed by atoms with Gasteiger partial charge in [0, 0.05) is 28.3 Å². The van der Waals surface area contributed by atoms with Crippen LogP contribution in [0.25, 0.3) is 0 Å². The van der Waals surface area contributed by atoms with E-state index in [2.05, 4.69) is 29.8 Å². The van der Waals surface area contributed by atoms with Crippen LogP contribution >= 0.6 is 11.8 Å². The summed E-state index contributed by atoms with van der Waals surface area (Å²) in [4.78, 5) is 13.9. The van der Waals surface area contributed by atoms with Gasteiger partial charge < -0.3 is 11.1 Å². The summed E-state index contributed by atoms with van der Waals surface area (Å²) in [5, 5.41) is 9.33. The molecule has 0 bridgehead atoms. The number of hydrogen-bond acceptors (Lipinski definition) is 4. The van der Waals surface area contributed by atoms with Crippen LogP contribution in [0.3, 0.4) is 0 Å². The Kier molecular flexibility index (Phi) is 6.06. The Labute approximate surface area is 165 Å². The SMILES string of the molecule is CCCNC(=O)N1N=C(c2ccc(N)cc2)c2ccc(SC)cc2CC1C. The maximum Gasteiger partial charge on any atom is 0.338 e. The molecule has 1 atom stereocenters. The number of rotatable bonds is 4. The van der Waals surface area contributed by atoms with E-state index in [1.807, 2.05) is 38.1 Å². The van der Waals surface area contributed by atoms with E-state index >= 15 is 0 Å². The predicted octanol–water partition coefficient (Wildman–Crippen LogP) is 4.11. The number of nitrogen functional groups attached to an aromatic ring is 1. The van der Waals surface area contributed by atoms with Crippen molar-refractivity contribution >= 4 is 29.2 Å². The highest BCUT2D eigenvalue weighted by Crippen LogP contribution is 2.27. The van der Waals surface area contributed by atoms with Gasteiger partial charge in [-0.3, -0.25) is 0 Å². The minimum atomic E-state index is -0.157. The lowest BCUT2D eigenvalue weighted by Gasteiger charge is -2.23. The predicted molar refractivity (Wildman–Crippen MR) is 113 cm³/mol. The molecule has 0 fully saturated rings. The number of amides is 2. The van der Waals surface area contributed by atoms with Crippen molar-refractivity contribution in [1.82, 2.24) is 10.3 Å². The summed E-state index contributed by atoms with van der Waals surface area (Å²) in [5.74, 6) is 0. The van der Waals surface area contributed by atoms with Gasteiger partial charge in [-0.25, -0.2) is 9.80 Å². The summed E-state index contributed by atoms with van der Waals surface area (Å²) in [7, 11) is 0. The number of hydrogen-bond donors (Lipinski definition) is 2. The number of anilines is 1. The summed E-state index contributed by atoms with van der Waals surface area (Å²) < 4.78 is 0. The lowest BCUT2D eigenvalue weighted by molar-refractivity contribution is 0.182. The monoisotopic (exact) mass is 382 g/mol. The van der Waals surface area contributed by atoms with E-state index in [-0.39, 0.29) is 12.1 Å². The number of urea groups is 1. The van der Waals surface area contributed by atoms with E-state index in [1.54, 1.807) is 16.8 Å². The molecule has 6 heteroatoms. The Hall–Kier alpha value is -2.47. The van der Waals surface area contributed by atoms with Crippen molar-refractivity contribution in [1.29, 1.82) is 0 Å². The Morgan fingerprint density at radius 3 is 2.70 bits per heavy atom. The van der Waals surface area contributed by atoms with Gasteiger partial charge in [-0.05, 0) is 55.9 Å². The largest absolute Gasteiger partial charge is 0.399 e. The van der Waals surface area contributed by atoms with Gasteiger partial charge in [0.15, 0.2) is 0 Å². The highest BCUT2D eigenvalue weighted by atomic mass is 32.2. The molecule has 27 heavy (non-hydrogen) atoms. The molecule has 0 aromatic heterocycles. The van der Waals surface area contributed by atoms with E-state index in [9.17, 15) is 4.79 Å². The second-order valence-electron chi connectivity index (χ2n) is 6.72. The summed E-state index contributed by atoms with van der Waals surface area (Å²) in [5.41, 5.74) is 10.6. The highest BCUT2D eigenvalue weighted by Gasteiger charge is 2.27. The summed E-state index contributed by atoms with van der Waals surface area (Å²) in [6.07, 6.45) is 3.71.